The van der Waals surface area contributed by atoms with E-state index in [1.165, 1.54) is 5.01 Å². The van der Waals surface area contributed by atoms with Crippen molar-refractivity contribution in [1.82, 2.24) is 5.01 Å². The van der Waals surface area contributed by atoms with Gasteiger partial charge in [-0.3, -0.25) is 9.80 Å². The van der Waals surface area contributed by atoms with Crippen LogP contribution in [0, 0.1) is 28.6 Å². The monoisotopic (exact) mass is 342 g/mol. The molecule has 1 unspecified atom stereocenters. The molecule has 0 radical (unpaired) electrons. The molecule has 2 aromatic carbocycles. The van der Waals surface area contributed by atoms with Crippen LogP contribution in [0.2, 0.25) is 0 Å². The number of hydrogen-bond donors (Lipinski definition) is 0. The summed E-state index contributed by atoms with van der Waals surface area (Å²) in [6, 6.07) is 19.9. The highest BCUT2D eigenvalue weighted by molar-refractivity contribution is 5.85. The van der Waals surface area contributed by atoms with E-state index < -0.39 is 23.5 Å². The minimum Gasteiger partial charge on any atom is -0.426 e. The highest BCUT2D eigenvalue weighted by Crippen LogP contribution is 2.49. The van der Waals surface area contributed by atoms with Crippen LogP contribution in [-0.2, 0) is 4.79 Å². The summed E-state index contributed by atoms with van der Waals surface area (Å²) in [6.45, 7) is 0. The molecule has 0 spiro atoms. The molecule has 4 rings (SSSR count). The number of esters is 1. The van der Waals surface area contributed by atoms with Crippen molar-refractivity contribution in [2.75, 3.05) is 0 Å². The predicted octanol–water partition coefficient (Wildman–Crippen LogP) is 2.79. The summed E-state index contributed by atoms with van der Waals surface area (Å²) < 4.78 is 5.51. The Morgan fingerprint density at radius 3 is 2.54 bits per heavy atom. The summed E-state index contributed by atoms with van der Waals surface area (Å²) >= 11 is 0. The molecule has 2 aliphatic rings. The van der Waals surface area contributed by atoms with Crippen LogP contribution in [0.5, 0.6) is 5.75 Å². The standard InChI is InChI=1S/C20H14N4O2/c21-12-20(13-22)10-17(19(25)26-15-7-2-1-3-8-15)18-16-9-5-4-6-14(16)11-23-24(18)20/h1-9,11,17-18H,10H2/t17-,18?/m1/s1. The van der Waals surface area contributed by atoms with Crippen molar-refractivity contribution in [1.29, 1.82) is 10.5 Å². The highest BCUT2D eigenvalue weighted by Gasteiger charge is 2.57. The van der Waals surface area contributed by atoms with Crippen molar-refractivity contribution >= 4 is 12.2 Å². The fraction of sp³-hybridized carbons (Fsp3) is 0.200. The first-order valence-electron chi connectivity index (χ1n) is 8.20. The van der Waals surface area contributed by atoms with E-state index in [2.05, 4.69) is 5.10 Å². The second-order valence-corrected chi connectivity index (χ2v) is 6.29. The number of hydrogen-bond acceptors (Lipinski definition) is 6. The van der Waals surface area contributed by atoms with Gasteiger partial charge in [0, 0.05) is 6.42 Å². The van der Waals surface area contributed by atoms with Gasteiger partial charge in [-0.15, -0.1) is 0 Å². The lowest BCUT2D eigenvalue weighted by molar-refractivity contribution is -0.139. The molecule has 0 bridgehead atoms. The van der Waals surface area contributed by atoms with E-state index in [-0.39, 0.29) is 6.42 Å². The van der Waals surface area contributed by atoms with Crippen LogP contribution in [0.3, 0.4) is 0 Å². The first kappa shape index (κ1) is 15.9. The third-order valence-electron chi connectivity index (χ3n) is 4.82. The summed E-state index contributed by atoms with van der Waals surface area (Å²) in [4.78, 5) is 12.9. The van der Waals surface area contributed by atoms with E-state index >= 15 is 0 Å². The van der Waals surface area contributed by atoms with Gasteiger partial charge in [0.25, 0.3) is 0 Å². The molecule has 1 fully saturated rings. The molecule has 0 aliphatic carbocycles. The maximum Gasteiger partial charge on any atom is 0.317 e. The molecule has 2 heterocycles. The maximum absolute atomic E-state index is 12.9. The smallest absolute Gasteiger partial charge is 0.317 e. The minimum atomic E-state index is -1.49. The molecule has 0 aromatic heterocycles. The quantitative estimate of drug-likeness (QED) is 0.618. The molecule has 126 valence electrons. The molecule has 6 nitrogen and oxygen atoms in total. The number of carbonyl (C=O) groups excluding carboxylic acids is 1. The number of nitriles is 2. The lowest BCUT2D eigenvalue weighted by Crippen LogP contribution is -2.40. The zero-order valence-electron chi connectivity index (χ0n) is 13.7. The first-order valence-corrected chi connectivity index (χ1v) is 8.20. The van der Waals surface area contributed by atoms with Crippen LogP contribution in [0.15, 0.2) is 59.7 Å². The van der Waals surface area contributed by atoms with Gasteiger partial charge in [0.2, 0.25) is 5.54 Å². The average Bonchev–Trinajstić information content (AvgIpc) is 3.04. The Hall–Kier alpha value is -3.64. The van der Waals surface area contributed by atoms with Crippen molar-refractivity contribution in [3.05, 3.63) is 65.7 Å². The van der Waals surface area contributed by atoms with Gasteiger partial charge in [-0.1, -0.05) is 42.5 Å². The SMILES string of the molecule is N#CC1(C#N)C[C@@H](C(=O)Oc2ccccc2)C2c3ccccc3C=NN21. The molecule has 2 aliphatic heterocycles. The summed E-state index contributed by atoms with van der Waals surface area (Å²) in [5.41, 5.74) is 0.248. The number of carbonyl (C=O) groups is 1. The van der Waals surface area contributed by atoms with Crippen LogP contribution in [0.4, 0.5) is 0 Å². The zero-order valence-corrected chi connectivity index (χ0v) is 13.7. The Balaban J connectivity index is 1.75. The van der Waals surface area contributed by atoms with E-state index in [0.717, 1.165) is 11.1 Å². The van der Waals surface area contributed by atoms with Gasteiger partial charge in [0.1, 0.15) is 17.9 Å². The first-order chi connectivity index (χ1) is 12.7. The number of benzene rings is 2. The van der Waals surface area contributed by atoms with Crippen LogP contribution >= 0.6 is 0 Å². The van der Waals surface area contributed by atoms with Gasteiger partial charge in [-0.05, 0) is 23.3 Å². The van der Waals surface area contributed by atoms with Crippen molar-refractivity contribution in [2.24, 2.45) is 11.0 Å². The van der Waals surface area contributed by atoms with Gasteiger partial charge in [0.15, 0.2) is 0 Å². The van der Waals surface area contributed by atoms with Gasteiger partial charge >= 0.3 is 5.97 Å². The van der Waals surface area contributed by atoms with E-state index in [4.69, 9.17) is 4.74 Å². The number of para-hydroxylation sites is 1. The van der Waals surface area contributed by atoms with E-state index in [1.807, 2.05) is 42.5 Å². The summed E-state index contributed by atoms with van der Waals surface area (Å²) in [5, 5.41) is 25.1. The molecule has 0 saturated carbocycles. The Morgan fingerprint density at radius 2 is 1.81 bits per heavy atom. The molecular formula is C20H14N4O2. The number of fused-ring (bicyclic) bond motifs is 3. The number of rotatable bonds is 2. The fourth-order valence-corrected chi connectivity index (χ4v) is 3.58. The second-order valence-electron chi connectivity index (χ2n) is 6.29. The maximum atomic E-state index is 12.9. The molecule has 26 heavy (non-hydrogen) atoms. The third kappa shape index (κ3) is 2.32. The molecule has 0 N–H and O–H groups in total. The second kappa shape index (κ2) is 6.02. The van der Waals surface area contributed by atoms with Gasteiger partial charge in [-0.25, -0.2) is 0 Å². The van der Waals surface area contributed by atoms with E-state index in [9.17, 15) is 15.3 Å². The number of nitrogens with zero attached hydrogens (tertiary/aromatic N) is 4. The molecular weight excluding hydrogens is 328 g/mol. The van der Waals surface area contributed by atoms with Gasteiger partial charge in [-0.2, -0.15) is 15.6 Å². The molecule has 6 heteroatoms. The lowest BCUT2D eigenvalue weighted by Gasteiger charge is -2.33. The lowest BCUT2D eigenvalue weighted by atomic mass is 9.88. The molecule has 0 amide bonds. The Kier molecular flexibility index (Phi) is 3.67. The highest BCUT2D eigenvalue weighted by atomic mass is 16.5. The Morgan fingerprint density at radius 1 is 1.12 bits per heavy atom. The van der Waals surface area contributed by atoms with E-state index in [1.54, 1.807) is 30.5 Å². The van der Waals surface area contributed by atoms with Gasteiger partial charge < -0.3 is 4.74 Å². The number of hydrazone groups is 1. The van der Waals surface area contributed by atoms with Gasteiger partial charge in [0.05, 0.1) is 18.2 Å². The summed E-state index contributed by atoms with van der Waals surface area (Å²) in [5.74, 6) is -0.707. The Bertz CT molecular complexity index is 957. The van der Waals surface area contributed by atoms with E-state index in [0.29, 0.717) is 5.75 Å². The van der Waals surface area contributed by atoms with Crippen LogP contribution in [0.25, 0.3) is 0 Å². The average molecular weight is 342 g/mol. The van der Waals surface area contributed by atoms with Crippen LogP contribution in [0.1, 0.15) is 23.6 Å². The molecule has 2 aromatic rings. The minimum absolute atomic E-state index is 0.0437. The normalized spacial score (nSPS) is 21.8. The Labute approximate surface area is 150 Å². The zero-order chi connectivity index (χ0) is 18.1. The molecule has 1 saturated heterocycles. The van der Waals surface area contributed by atoms with Crippen LogP contribution < -0.4 is 4.74 Å². The predicted molar refractivity (Wildman–Crippen MR) is 92.8 cm³/mol. The van der Waals surface area contributed by atoms with Crippen molar-refractivity contribution in [3.63, 3.8) is 0 Å². The molecule has 2 atom stereocenters. The summed E-state index contributed by atoms with van der Waals surface area (Å²) in [6.07, 6.45) is 1.67. The fourth-order valence-electron chi connectivity index (χ4n) is 3.58. The largest absolute Gasteiger partial charge is 0.426 e. The summed E-state index contributed by atoms with van der Waals surface area (Å²) in [7, 11) is 0. The number of ether oxygens (including phenoxy) is 1. The topological polar surface area (TPSA) is 89.5 Å². The van der Waals surface area contributed by atoms with Crippen LogP contribution in [-0.4, -0.2) is 22.7 Å². The van der Waals surface area contributed by atoms with Crippen molar-refractivity contribution in [2.45, 2.75) is 18.0 Å². The van der Waals surface area contributed by atoms with Crippen molar-refractivity contribution < 1.29 is 9.53 Å². The third-order valence-corrected chi connectivity index (χ3v) is 4.82. The van der Waals surface area contributed by atoms with Crippen molar-refractivity contribution in [3.8, 4) is 17.9 Å².